The third kappa shape index (κ3) is 2.94. The fourth-order valence-corrected chi connectivity index (χ4v) is 2.32. The molecule has 116 valence electrons. The number of rotatable bonds is 4. The predicted octanol–water partition coefficient (Wildman–Crippen LogP) is 3.05. The van der Waals surface area contributed by atoms with Crippen molar-refractivity contribution in [1.82, 2.24) is 0 Å². The van der Waals surface area contributed by atoms with E-state index in [1.54, 1.807) is 38.5 Å². The van der Waals surface area contributed by atoms with Crippen LogP contribution in [0.5, 0.6) is 11.5 Å². The molecule has 0 aromatic heterocycles. The van der Waals surface area contributed by atoms with Crippen LogP contribution in [0.2, 0.25) is 0 Å². The Kier molecular flexibility index (Phi) is 4.10. The van der Waals surface area contributed by atoms with Crippen LogP contribution >= 0.6 is 0 Å². The topological polar surface area (TPSA) is 57.1 Å². The molecule has 1 aliphatic heterocycles. The van der Waals surface area contributed by atoms with E-state index in [9.17, 15) is 4.79 Å². The Labute approximate surface area is 133 Å². The number of carbonyl (C=O) groups is 1. The smallest absolute Gasteiger partial charge is 0.368 e. The summed E-state index contributed by atoms with van der Waals surface area (Å²) in [5.41, 5.74) is 2.40. The Morgan fingerprint density at radius 2 is 1.83 bits per heavy atom. The number of carbonyl (C=O) groups excluding carboxylic acids is 1. The van der Waals surface area contributed by atoms with Crippen LogP contribution in [-0.2, 0) is 9.63 Å². The minimum atomic E-state index is -0.492. The third-order valence-corrected chi connectivity index (χ3v) is 3.48. The molecule has 0 aliphatic carbocycles. The molecule has 1 heterocycles. The lowest BCUT2D eigenvalue weighted by Gasteiger charge is -2.08. The fraction of sp³-hybridized carbons (Fsp3) is 0.111. The molecule has 0 radical (unpaired) electrons. The van der Waals surface area contributed by atoms with E-state index in [4.69, 9.17) is 14.3 Å². The summed E-state index contributed by atoms with van der Waals surface area (Å²) < 4.78 is 10.6. The molecule has 0 N–H and O–H groups in total. The Morgan fingerprint density at radius 3 is 2.52 bits per heavy atom. The maximum atomic E-state index is 12.0. The van der Waals surface area contributed by atoms with E-state index in [1.807, 2.05) is 30.3 Å². The van der Waals surface area contributed by atoms with Crippen molar-refractivity contribution in [3.8, 4) is 11.5 Å². The molecule has 0 unspecified atom stereocenters. The van der Waals surface area contributed by atoms with Crippen molar-refractivity contribution in [2.24, 2.45) is 5.16 Å². The van der Waals surface area contributed by atoms with E-state index in [0.29, 0.717) is 28.3 Å². The van der Waals surface area contributed by atoms with Crippen molar-refractivity contribution < 1.29 is 19.1 Å². The molecule has 2 aromatic carbocycles. The molecule has 0 saturated heterocycles. The van der Waals surface area contributed by atoms with Gasteiger partial charge in [-0.2, -0.15) is 0 Å². The average Bonchev–Trinajstić information content (AvgIpc) is 2.96. The molecule has 0 bridgehead atoms. The van der Waals surface area contributed by atoms with E-state index < -0.39 is 5.97 Å². The molecule has 2 aromatic rings. The van der Waals surface area contributed by atoms with Crippen LogP contribution in [0.3, 0.4) is 0 Å². The number of methoxy groups -OCH3 is 2. The first-order chi connectivity index (χ1) is 11.2. The summed E-state index contributed by atoms with van der Waals surface area (Å²) in [6, 6.07) is 14.8. The van der Waals surface area contributed by atoms with Gasteiger partial charge in [-0.1, -0.05) is 35.5 Å². The summed E-state index contributed by atoms with van der Waals surface area (Å²) in [6.07, 6.45) is 1.70. The molecule has 3 rings (SSSR count). The first-order valence-electron chi connectivity index (χ1n) is 7.02. The number of hydrogen-bond acceptors (Lipinski definition) is 5. The van der Waals surface area contributed by atoms with Crippen molar-refractivity contribution >= 4 is 17.8 Å². The molecule has 0 spiro atoms. The quantitative estimate of drug-likeness (QED) is 0.643. The Balaban J connectivity index is 2.07. The Hall–Kier alpha value is -3.08. The molecular formula is C18H15NO4. The van der Waals surface area contributed by atoms with Crippen molar-refractivity contribution in [3.05, 3.63) is 65.2 Å². The number of oxime groups is 1. The molecule has 0 amide bonds. The molecule has 0 fully saturated rings. The number of benzene rings is 2. The zero-order chi connectivity index (χ0) is 16.2. The maximum Gasteiger partial charge on any atom is 0.368 e. The number of nitrogens with zero attached hydrogens (tertiary/aromatic N) is 1. The lowest BCUT2D eigenvalue weighted by atomic mass is 10.0. The highest BCUT2D eigenvalue weighted by Crippen LogP contribution is 2.28. The zero-order valence-electron chi connectivity index (χ0n) is 12.8. The van der Waals surface area contributed by atoms with Crippen LogP contribution in [0.4, 0.5) is 0 Å². The van der Waals surface area contributed by atoms with Crippen molar-refractivity contribution in [2.75, 3.05) is 14.2 Å². The fourth-order valence-electron chi connectivity index (χ4n) is 2.32. The molecular weight excluding hydrogens is 294 g/mol. The van der Waals surface area contributed by atoms with Gasteiger partial charge in [0.05, 0.1) is 19.8 Å². The largest absolute Gasteiger partial charge is 0.497 e. The highest BCUT2D eigenvalue weighted by Gasteiger charge is 2.27. The second kappa shape index (κ2) is 6.36. The average molecular weight is 309 g/mol. The molecule has 5 heteroatoms. The number of ether oxygens (including phenoxy) is 2. The Morgan fingerprint density at radius 1 is 1.04 bits per heavy atom. The second-order valence-corrected chi connectivity index (χ2v) is 4.85. The van der Waals surface area contributed by atoms with Crippen LogP contribution in [0, 0.1) is 0 Å². The highest BCUT2D eigenvalue weighted by molar-refractivity contribution is 6.31. The maximum absolute atomic E-state index is 12.0. The summed E-state index contributed by atoms with van der Waals surface area (Å²) in [4.78, 5) is 16.9. The van der Waals surface area contributed by atoms with Crippen molar-refractivity contribution in [2.45, 2.75) is 0 Å². The van der Waals surface area contributed by atoms with Crippen LogP contribution < -0.4 is 9.47 Å². The lowest BCUT2D eigenvalue weighted by molar-refractivity contribution is -0.136. The van der Waals surface area contributed by atoms with E-state index in [-0.39, 0.29) is 0 Å². The SMILES string of the molecule is COc1ccc(OC)c(/C=C2/C(=O)ON=C2c2ccccc2)c1. The molecule has 23 heavy (non-hydrogen) atoms. The van der Waals surface area contributed by atoms with Crippen LogP contribution in [0.15, 0.2) is 59.3 Å². The third-order valence-electron chi connectivity index (χ3n) is 3.48. The first-order valence-corrected chi connectivity index (χ1v) is 7.02. The van der Waals surface area contributed by atoms with Gasteiger partial charge in [0.25, 0.3) is 0 Å². The van der Waals surface area contributed by atoms with Crippen LogP contribution in [0.1, 0.15) is 11.1 Å². The minimum Gasteiger partial charge on any atom is -0.497 e. The summed E-state index contributed by atoms with van der Waals surface area (Å²) in [7, 11) is 3.16. The van der Waals surface area contributed by atoms with E-state index >= 15 is 0 Å². The molecule has 0 saturated carbocycles. The monoisotopic (exact) mass is 309 g/mol. The van der Waals surface area contributed by atoms with Gasteiger partial charge < -0.3 is 14.3 Å². The van der Waals surface area contributed by atoms with Crippen LogP contribution in [-0.4, -0.2) is 25.9 Å². The zero-order valence-corrected chi connectivity index (χ0v) is 12.8. The van der Waals surface area contributed by atoms with Crippen molar-refractivity contribution in [1.29, 1.82) is 0 Å². The van der Waals surface area contributed by atoms with E-state index in [2.05, 4.69) is 5.16 Å². The first kappa shape index (κ1) is 14.8. The molecule has 5 nitrogen and oxygen atoms in total. The van der Waals surface area contributed by atoms with E-state index in [0.717, 1.165) is 5.56 Å². The predicted molar refractivity (Wildman–Crippen MR) is 86.6 cm³/mol. The molecule has 0 atom stereocenters. The summed E-state index contributed by atoms with van der Waals surface area (Å²) in [6.45, 7) is 0. The second-order valence-electron chi connectivity index (χ2n) is 4.85. The van der Waals surface area contributed by atoms with Crippen LogP contribution in [0.25, 0.3) is 6.08 Å². The van der Waals surface area contributed by atoms with Gasteiger partial charge in [0.1, 0.15) is 17.2 Å². The van der Waals surface area contributed by atoms with E-state index in [1.165, 1.54) is 0 Å². The van der Waals surface area contributed by atoms with Gasteiger partial charge in [0.15, 0.2) is 0 Å². The lowest BCUT2D eigenvalue weighted by Crippen LogP contribution is -2.07. The van der Waals surface area contributed by atoms with Gasteiger partial charge >= 0.3 is 5.97 Å². The summed E-state index contributed by atoms with van der Waals surface area (Å²) in [5, 5.41) is 3.89. The summed E-state index contributed by atoms with van der Waals surface area (Å²) in [5.74, 6) is 0.807. The standard InChI is InChI=1S/C18H15NO4/c1-21-14-8-9-16(22-2)13(10-14)11-15-17(19-23-18(15)20)12-6-4-3-5-7-12/h3-11H,1-2H3/b15-11+. The van der Waals surface area contributed by atoms with Gasteiger partial charge in [-0.15, -0.1) is 0 Å². The number of hydrogen-bond donors (Lipinski definition) is 0. The van der Waals surface area contributed by atoms with Gasteiger partial charge in [-0.05, 0) is 24.3 Å². The minimum absolute atomic E-state index is 0.378. The van der Waals surface area contributed by atoms with Crippen molar-refractivity contribution in [3.63, 3.8) is 0 Å². The normalized spacial score (nSPS) is 15.3. The van der Waals surface area contributed by atoms with Gasteiger partial charge in [-0.3, -0.25) is 0 Å². The van der Waals surface area contributed by atoms with Gasteiger partial charge in [0, 0.05) is 11.1 Å². The highest BCUT2D eigenvalue weighted by atomic mass is 16.7. The van der Waals surface area contributed by atoms with Gasteiger partial charge in [-0.25, -0.2) is 4.79 Å². The molecule has 1 aliphatic rings. The Bertz CT molecular complexity index is 794. The van der Waals surface area contributed by atoms with Gasteiger partial charge in [0.2, 0.25) is 0 Å². The summed E-state index contributed by atoms with van der Waals surface area (Å²) >= 11 is 0.